The van der Waals surface area contributed by atoms with Gasteiger partial charge < -0.3 is 19.9 Å². The molecule has 150 valence electrons. The summed E-state index contributed by atoms with van der Waals surface area (Å²) in [5, 5.41) is 21.3. The van der Waals surface area contributed by atoms with Crippen molar-refractivity contribution in [2.45, 2.75) is 57.5 Å². The van der Waals surface area contributed by atoms with Crippen LogP contribution < -0.4 is 5.32 Å². The van der Waals surface area contributed by atoms with Gasteiger partial charge in [0.05, 0.1) is 0 Å². The Hall–Kier alpha value is -2.64. The van der Waals surface area contributed by atoms with Crippen LogP contribution in [0.5, 0.6) is 5.75 Å². The molecule has 2 unspecified atom stereocenters. The molecule has 0 spiro atoms. The lowest BCUT2D eigenvalue weighted by atomic mass is 9.90. The Labute approximate surface area is 163 Å². The smallest absolute Gasteiger partial charge is 0.317 e. The highest BCUT2D eigenvalue weighted by atomic mass is 19.1. The third kappa shape index (κ3) is 3.81. The number of rotatable bonds is 3. The molecule has 7 nitrogen and oxygen atoms in total. The molecule has 4 rings (SSSR count). The fraction of sp³-hybridized carbons (Fsp3) is 0.550. The van der Waals surface area contributed by atoms with Gasteiger partial charge in [0.15, 0.2) is 0 Å². The number of nitrogens with zero attached hydrogens (tertiary/aromatic N) is 4. The molecule has 2 aliphatic rings. The molecule has 2 aliphatic heterocycles. The van der Waals surface area contributed by atoms with E-state index in [1.165, 1.54) is 6.07 Å². The number of urea groups is 1. The number of carbonyl (C=O) groups excluding carboxylic acids is 1. The monoisotopic (exact) mass is 387 g/mol. The summed E-state index contributed by atoms with van der Waals surface area (Å²) in [5.41, 5.74) is 0.745. The Morgan fingerprint density at radius 3 is 2.93 bits per heavy atom. The predicted molar refractivity (Wildman–Crippen MR) is 102 cm³/mol. The Bertz CT molecular complexity index is 835. The molecule has 2 atom stereocenters. The number of nitrogens with one attached hydrogen (secondary N) is 1. The highest BCUT2D eigenvalue weighted by Crippen LogP contribution is 2.30. The Morgan fingerprint density at radius 2 is 2.14 bits per heavy atom. The largest absolute Gasteiger partial charge is 0.508 e. The molecule has 0 saturated carbocycles. The van der Waals surface area contributed by atoms with Crippen molar-refractivity contribution in [3.05, 3.63) is 41.2 Å². The number of aromatic nitrogens is 3. The molecular weight excluding hydrogens is 361 g/mol. The lowest BCUT2D eigenvalue weighted by Gasteiger charge is -2.35. The molecular formula is C20H26FN5O2. The van der Waals surface area contributed by atoms with E-state index in [-0.39, 0.29) is 23.7 Å². The normalized spacial score (nSPS) is 22.0. The van der Waals surface area contributed by atoms with Crippen molar-refractivity contribution in [2.24, 2.45) is 0 Å². The average Bonchev–Trinajstić information content (AvgIpc) is 3.09. The SMILES string of the molecule is CCc1nnc2n1CC(NC(=O)N1CCCC(c3cc(O)cc(F)c3)C1)CC2. The van der Waals surface area contributed by atoms with Crippen LogP contribution in [0.25, 0.3) is 0 Å². The zero-order valence-electron chi connectivity index (χ0n) is 16.1. The van der Waals surface area contributed by atoms with Gasteiger partial charge in [0, 0.05) is 50.5 Å². The van der Waals surface area contributed by atoms with Crippen LogP contribution in [0.2, 0.25) is 0 Å². The fourth-order valence-electron chi connectivity index (χ4n) is 4.29. The van der Waals surface area contributed by atoms with E-state index >= 15 is 0 Å². The second-order valence-electron chi connectivity index (χ2n) is 7.71. The lowest BCUT2D eigenvalue weighted by molar-refractivity contribution is 0.172. The van der Waals surface area contributed by atoms with Crippen molar-refractivity contribution in [3.63, 3.8) is 0 Å². The van der Waals surface area contributed by atoms with Crippen LogP contribution in [0.3, 0.4) is 0 Å². The van der Waals surface area contributed by atoms with Crippen LogP contribution in [0.4, 0.5) is 9.18 Å². The number of phenolic OH excluding ortho intramolecular Hbond substituents is 1. The standard InChI is InChI=1S/C20H26FN5O2/c1-2-18-23-24-19-6-5-16(12-26(18)19)22-20(28)25-7-3-4-13(11-25)14-8-15(21)10-17(27)9-14/h8-10,13,16,27H,2-7,11-12H2,1H3,(H,22,28). The maximum atomic E-state index is 13.6. The summed E-state index contributed by atoms with van der Waals surface area (Å²) in [7, 11) is 0. The maximum absolute atomic E-state index is 13.6. The molecule has 0 aliphatic carbocycles. The summed E-state index contributed by atoms with van der Waals surface area (Å²) in [6.07, 6.45) is 4.21. The first-order valence-corrected chi connectivity index (χ1v) is 9.99. The molecule has 1 aromatic heterocycles. The Kier molecular flexibility index (Phi) is 5.19. The number of carbonyl (C=O) groups is 1. The van der Waals surface area contributed by atoms with Gasteiger partial charge >= 0.3 is 6.03 Å². The van der Waals surface area contributed by atoms with Gasteiger partial charge in [0.1, 0.15) is 23.2 Å². The van der Waals surface area contributed by atoms with Crippen molar-refractivity contribution < 1.29 is 14.3 Å². The van der Waals surface area contributed by atoms with Crippen LogP contribution in [-0.4, -0.2) is 49.9 Å². The minimum absolute atomic E-state index is 0.0311. The van der Waals surface area contributed by atoms with Crippen molar-refractivity contribution in [3.8, 4) is 5.75 Å². The molecule has 2 amide bonds. The molecule has 0 radical (unpaired) electrons. The summed E-state index contributed by atoms with van der Waals surface area (Å²) in [6, 6.07) is 4.12. The predicted octanol–water partition coefficient (Wildman–Crippen LogP) is 2.59. The number of fused-ring (bicyclic) bond motifs is 1. The number of amides is 2. The average molecular weight is 387 g/mol. The number of phenols is 1. The third-order valence-electron chi connectivity index (χ3n) is 5.75. The van der Waals surface area contributed by atoms with E-state index in [9.17, 15) is 14.3 Å². The van der Waals surface area contributed by atoms with Gasteiger partial charge in [-0.15, -0.1) is 10.2 Å². The van der Waals surface area contributed by atoms with E-state index in [1.54, 1.807) is 11.0 Å². The fourth-order valence-corrected chi connectivity index (χ4v) is 4.29. The number of halogens is 1. The zero-order valence-corrected chi connectivity index (χ0v) is 16.1. The summed E-state index contributed by atoms with van der Waals surface area (Å²) in [5.74, 6) is 1.46. The number of benzene rings is 1. The van der Waals surface area contributed by atoms with Crippen LogP contribution in [0, 0.1) is 5.82 Å². The maximum Gasteiger partial charge on any atom is 0.317 e. The van der Waals surface area contributed by atoms with Gasteiger partial charge in [-0.2, -0.15) is 0 Å². The van der Waals surface area contributed by atoms with Gasteiger partial charge in [-0.25, -0.2) is 9.18 Å². The summed E-state index contributed by atoms with van der Waals surface area (Å²) < 4.78 is 15.8. The number of hydrogen-bond acceptors (Lipinski definition) is 4. The van der Waals surface area contributed by atoms with Crippen molar-refractivity contribution >= 4 is 6.03 Å². The molecule has 1 aromatic carbocycles. The summed E-state index contributed by atoms with van der Waals surface area (Å²) in [6.45, 7) is 3.97. The molecule has 1 saturated heterocycles. The number of piperidine rings is 1. The minimum atomic E-state index is -0.449. The molecule has 3 heterocycles. The second-order valence-corrected chi connectivity index (χ2v) is 7.71. The molecule has 2 N–H and O–H groups in total. The van der Waals surface area contributed by atoms with Crippen molar-refractivity contribution in [2.75, 3.05) is 13.1 Å². The summed E-state index contributed by atoms with van der Waals surface area (Å²) in [4.78, 5) is 14.6. The van der Waals surface area contributed by atoms with Gasteiger partial charge in [-0.1, -0.05) is 6.92 Å². The molecule has 2 aromatic rings. The third-order valence-corrected chi connectivity index (χ3v) is 5.75. The van der Waals surface area contributed by atoms with Crippen LogP contribution in [0.1, 0.15) is 49.3 Å². The van der Waals surface area contributed by atoms with E-state index in [1.807, 2.05) is 0 Å². The number of likely N-dealkylation sites (tertiary alicyclic amines) is 1. The van der Waals surface area contributed by atoms with Crippen molar-refractivity contribution in [1.29, 1.82) is 0 Å². The zero-order chi connectivity index (χ0) is 19.7. The highest BCUT2D eigenvalue weighted by Gasteiger charge is 2.29. The summed E-state index contributed by atoms with van der Waals surface area (Å²) >= 11 is 0. The Balaban J connectivity index is 1.39. The number of aryl methyl sites for hydroxylation is 2. The van der Waals surface area contributed by atoms with Gasteiger partial charge in [0.2, 0.25) is 0 Å². The van der Waals surface area contributed by atoms with E-state index in [0.29, 0.717) is 19.6 Å². The quantitative estimate of drug-likeness (QED) is 0.848. The van der Waals surface area contributed by atoms with Crippen LogP contribution in [0.15, 0.2) is 18.2 Å². The van der Waals surface area contributed by atoms with E-state index in [2.05, 4.69) is 27.0 Å². The first kappa shape index (κ1) is 18.7. The number of hydrogen-bond donors (Lipinski definition) is 2. The Morgan fingerprint density at radius 1 is 1.29 bits per heavy atom. The second kappa shape index (κ2) is 7.77. The molecule has 28 heavy (non-hydrogen) atoms. The molecule has 1 fully saturated rings. The number of aromatic hydroxyl groups is 1. The van der Waals surface area contributed by atoms with Crippen LogP contribution in [-0.2, 0) is 19.4 Å². The van der Waals surface area contributed by atoms with Gasteiger partial charge in [0.25, 0.3) is 0 Å². The first-order chi connectivity index (χ1) is 13.5. The van der Waals surface area contributed by atoms with Crippen LogP contribution >= 0.6 is 0 Å². The van der Waals surface area contributed by atoms with Gasteiger partial charge in [-0.05, 0) is 37.0 Å². The molecule has 8 heteroatoms. The highest BCUT2D eigenvalue weighted by molar-refractivity contribution is 5.74. The van der Waals surface area contributed by atoms with E-state index in [0.717, 1.165) is 55.4 Å². The molecule has 0 bridgehead atoms. The topological polar surface area (TPSA) is 83.3 Å². The van der Waals surface area contributed by atoms with Crippen molar-refractivity contribution in [1.82, 2.24) is 25.0 Å². The van der Waals surface area contributed by atoms with Gasteiger partial charge in [-0.3, -0.25) is 0 Å². The first-order valence-electron chi connectivity index (χ1n) is 9.99. The minimum Gasteiger partial charge on any atom is -0.508 e. The van der Waals surface area contributed by atoms with E-state index < -0.39 is 5.82 Å². The van der Waals surface area contributed by atoms with E-state index in [4.69, 9.17) is 0 Å². The lowest BCUT2D eigenvalue weighted by Crippen LogP contribution is -2.50.